The molecule has 0 fully saturated rings. The lowest BCUT2D eigenvalue weighted by Crippen LogP contribution is -2.42. The van der Waals surface area contributed by atoms with Crippen molar-refractivity contribution in [1.29, 1.82) is 0 Å². The minimum atomic E-state index is -1.64. The second-order valence-corrected chi connectivity index (χ2v) is 9.44. The molecule has 1 aromatic carbocycles. The van der Waals surface area contributed by atoms with E-state index in [1.54, 1.807) is 0 Å². The van der Waals surface area contributed by atoms with Crippen molar-refractivity contribution in [2.24, 2.45) is 4.99 Å². The highest BCUT2D eigenvalue weighted by Crippen LogP contribution is 2.29. The van der Waals surface area contributed by atoms with Crippen LogP contribution in [0.25, 0.3) is 6.08 Å². The molecule has 1 aromatic rings. The summed E-state index contributed by atoms with van der Waals surface area (Å²) in [5.41, 5.74) is 2.72. The Bertz CT molecular complexity index is 465. The molecule has 2 nitrogen and oxygen atoms in total. The Kier molecular flexibility index (Phi) is 3.20. The largest absolute Gasteiger partial charge is 0.531 e. The van der Waals surface area contributed by atoms with Gasteiger partial charge in [-0.2, -0.15) is 0 Å². The summed E-state index contributed by atoms with van der Waals surface area (Å²) in [6.45, 7) is 11.4. The summed E-state index contributed by atoms with van der Waals surface area (Å²) in [5.74, 6) is 0.801. The molecule has 2 rings (SSSR count). The Balaban J connectivity index is 2.38. The molecular weight excluding hydrogens is 226 g/mol. The number of benzene rings is 1. The van der Waals surface area contributed by atoms with Gasteiger partial charge in [-0.1, -0.05) is 37.8 Å². The van der Waals surface area contributed by atoms with E-state index >= 15 is 0 Å². The van der Waals surface area contributed by atoms with Gasteiger partial charge in [0.05, 0.1) is 0 Å². The number of rotatable bonds is 2. The van der Waals surface area contributed by atoms with Gasteiger partial charge in [-0.05, 0) is 24.7 Å². The maximum atomic E-state index is 6.16. The van der Waals surface area contributed by atoms with Gasteiger partial charge in [0.15, 0.2) is 0 Å². The Morgan fingerprint density at radius 1 is 1.41 bits per heavy atom. The van der Waals surface area contributed by atoms with Crippen LogP contribution in [0.2, 0.25) is 18.6 Å². The smallest absolute Gasteiger partial charge is 0.251 e. The Hall–Kier alpha value is -1.35. The van der Waals surface area contributed by atoms with Gasteiger partial charge in [0.1, 0.15) is 0 Å². The zero-order valence-corrected chi connectivity index (χ0v) is 11.7. The zero-order valence-electron chi connectivity index (χ0n) is 10.7. The van der Waals surface area contributed by atoms with E-state index in [0.29, 0.717) is 5.54 Å². The van der Waals surface area contributed by atoms with Crippen LogP contribution in [0.5, 0.6) is 0 Å². The number of hydrogen-bond acceptors (Lipinski definition) is 2. The van der Waals surface area contributed by atoms with E-state index in [2.05, 4.69) is 37.7 Å². The van der Waals surface area contributed by atoms with Crippen LogP contribution in [0.1, 0.15) is 18.1 Å². The Morgan fingerprint density at radius 2 is 2.12 bits per heavy atom. The third-order valence-electron chi connectivity index (χ3n) is 3.47. The predicted molar refractivity (Wildman–Crippen MR) is 75.9 cm³/mol. The summed E-state index contributed by atoms with van der Waals surface area (Å²) in [4.78, 5) is 4.57. The molecule has 0 aromatic heterocycles. The fourth-order valence-electron chi connectivity index (χ4n) is 1.83. The first kappa shape index (κ1) is 12.1. The molecule has 0 saturated carbocycles. The van der Waals surface area contributed by atoms with Crippen molar-refractivity contribution < 1.29 is 4.43 Å². The second kappa shape index (κ2) is 4.49. The maximum absolute atomic E-state index is 6.16. The van der Waals surface area contributed by atoms with Gasteiger partial charge in [0.25, 0.3) is 8.32 Å². The Labute approximate surface area is 104 Å². The standard InChI is InChI=1S/C14H19NOSi/c1-5-12-8-6-7-9-13(12)14-15-10-11(2)17(3,4)16-14/h5-9,11H,1,10H2,2-4H3. The lowest BCUT2D eigenvalue weighted by Gasteiger charge is -2.34. The molecule has 3 heteroatoms. The van der Waals surface area contributed by atoms with E-state index in [0.717, 1.165) is 23.6 Å². The minimum absolute atomic E-state index is 0.571. The molecular formula is C14H19NOSi. The highest BCUT2D eigenvalue weighted by molar-refractivity contribution is 6.74. The monoisotopic (exact) mass is 245 g/mol. The molecule has 1 atom stereocenters. The van der Waals surface area contributed by atoms with Gasteiger partial charge in [-0.15, -0.1) is 0 Å². The molecule has 0 radical (unpaired) electrons. The third kappa shape index (κ3) is 2.34. The first-order valence-corrected chi connectivity index (χ1v) is 8.98. The minimum Gasteiger partial charge on any atom is -0.531 e. The maximum Gasteiger partial charge on any atom is 0.251 e. The summed E-state index contributed by atoms with van der Waals surface area (Å²) in [6, 6.07) is 8.12. The average molecular weight is 245 g/mol. The molecule has 0 amide bonds. The predicted octanol–water partition coefficient (Wildman–Crippen LogP) is 3.70. The highest BCUT2D eigenvalue weighted by Gasteiger charge is 2.36. The van der Waals surface area contributed by atoms with Crippen molar-refractivity contribution in [2.75, 3.05) is 6.54 Å². The molecule has 1 aliphatic heterocycles. The summed E-state index contributed by atoms with van der Waals surface area (Å²) in [6.07, 6.45) is 1.85. The van der Waals surface area contributed by atoms with Crippen molar-refractivity contribution in [3.05, 3.63) is 42.0 Å². The van der Waals surface area contributed by atoms with Crippen molar-refractivity contribution >= 4 is 20.3 Å². The molecule has 1 unspecified atom stereocenters. The van der Waals surface area contributed by atoms with Gasteiger partial charge in [0, 0.05) is 17.6 Å². The number of aliphatic imine (C=N–C) groups is 1. The molecule has 0 saturated heterocycles. The van der Waals surface area contributed by atoms with Crippen LogP contribution >= 0.6 is 0 Å². The molecule has 0 bridgehead atoms. The van der Waals surface area contributed by atoms with Crippen LogP contribution in [0.15, 0.2) is 35.8 Å². The van der Waals surface area contributed by atoms with Crippen LogP contribution in [0.3, 0.4) is 0 Å². The van der Waals surface area contributed by atoms with E-state index in [-0.39, 0.29) is 0 Å². The van der Waals surface area contributed by atoms with E-state index in [1.165, 1.54) is 0 Å². The third-order valence-corrected chi connectivity index (χ3v) is 6.74. The van der Waals surface area contributed by atoms with Crippen molar-refractivity contribution in [1.82, 2.24) is 0 Å². The fourth-order valence-corrected chi connectivity index (χ4v) is 3.24. The van der Waals surface area contributed by atoms with E-state index in [4.69, 9.17) is 4.43 Å². The first-order chi connectivity index (χ1) is 8.04. The molecule has 0 spiro atoms. The highest BCUT2D eigenvalue weighted by atomic mass is 28.4. The number of nitrogens with zero attached hydrogens (tertiary/aromatic N) is 1. The molecule has 90 valence electrons. The van der Waals surface area contributed by atoms with Gasteiger partial charge in [-0.3, -0.25) is 4.99 Å². The topological polar surface area (TPSA) is 21.6 Å². The van der Waals surface area contributed by atoms with Crippen LogP contribution in [-0.4, -0.2) is 20.8 Å². The molecule has 1 aliphatic rings. The van der Waals surface area contributed by atoms with Crippen molar-refractivity contribution in [2.45, 2.75) is 25.6 Å². The fraction of sp³-hybridized carbons (Fsp3) is 0.357. The number of hydrogen-bond donors (Lipinski definition) is 0. The van der Waals surface area contributed by atoms with Crippen LogP contribution in [0.4, 0.5) is 0 Å². The van der Waals surface area contributed by atoms with Crippen LogP contribution < -0.4 is 0 Å². The summed E-state index contributed by atoms with van der Waals surface area (Å²) in [5, 5.41) is 0. The van der Waals surface area contributed by atoms with Crippen LogP contribution in [0, 0.1) is 0 Å². The van der Waals surface area contributed by atoms with E-state index in [9.17, 15) is 0 Å². The summed E-state index contributed by atoms with van der Waals surface area (Å²) >= 11 is 0. The van der Waals surface area contributed by atoms with Gasteiger partial charge < -0.3 is 4.43 Å². The van der Waals surface area contributed by atoms with Gasteiger partial charge >= 0.3 is 0 Å². The van der Waals surface area contributed by atoms with Crippen molar-refractivity contribution in [3.8, 4) is 0 Å². The summed E-state index contributed by atoms with van der Waals surface area (Å²) in [7, 11) is -1.64. The van der Waals surface area contributed by atoms with E-state index in [1.807, 2.05) is 24.3 Å². The Morgan fingerprint density at radius 3 is 2.76 bits per heavy atom. The molecule has 0 aliphatic carbocycles. The average Bonchev–Trinajstić information content (AvgIpc) is 2.32. The normalized spacial score (nSPS) is 22.5. The lowest BCUT2D eigenvalue weighted by atomic mass is 10.1. The van der Waals surface area contributed by atoms with Gasteiger partial charge in [0.2, 0.25) is 5.90 Å². The quantitative estimate of drug-likeness (QED) is 0.728. The van der Waals surface area contributed by atoms with Gasteiger partial charge in [-0.25, -0.2) is 0 Å². The zero-order chi connectivity index (χ0) is 12.5. The first-order valence-electron chi connectivity index (χ1n) is 6.00. The van der Waals surface area contributed by atoms with Crippen molar-refractivity contribution in [3.63, 3.8) is 0 Å². The lowest BCUT2D eigenvalue weighted by molar-refractivity contribution is 0.498. The van der Waals surface area contributed by atoms with E-state index < -0.39 is 8.32 Å². The summed E-state index contributed by atoms with van der Waals surface area (Å²) < 4.78 is 6.16. The molecule has 0 N–H and O–H groups in total. The molecule has 1 heterocycles. The van der Waals surface area contributed by atoms with Crippen LogP contribution in [-0.2, 0) is 4.43 Å². The SMILES string of the molecule is C=Cc1ccccc1C1=NCC(C)[Si](C)(C)O1. The molecule has 17 heavy (non-hydrogen) atoms. The second-order valence-electron chi connectivity index (χ2n) is 5.04.